The molecule has 1 heterocycles. The molecule has 2 N–H and O–H groups in total. The minimum atomic E-state index is -0.769. The number of nitrogens with zero attached hydrogens (tertiary/aromatic N) is 1. The molecule has 1 fully saturated rings. The van der Waals surface area contributed by atoms with Crippen molar-refractivity contribution in [2.75, 3.05) is 25.5 Å². The summed E-state index contributed by atoms with van der Waals surface area (Å²) in [6.45, 7) is 1.61. The zero-order valence-electron chi connectivity index (χ0n) is 15.5. The molecule has 2 amide bonds. The number of hydrogen-bond acceptors (Lipinski definition) is 4. The Morgan fingerprint density at radius 3 is 2.85 bits per heavy atom. The molecule has 1 saturated carbocycles. The fraction of sp³-hybridized carbons (Fsp3) is 0.600. The summed E-state index contributed by atoms with van der Waals surface area (Å²) in [5.41, 5.74) is 0.653. The number of hydrogen-bond donors (Lipinski definition) is 2. The fourth-order valence-electron chi connectivity index (χ4n) is 3.73. The Morgan fingerprint density at radius 2 is 2.04 bits per heavy atom. The molecule has 1 aliphatic heterocycles. The molecule has 0 bridgehead atoms. The van der Waals surface area contributed by atoms with Crippen LogP contribution in [0, 0.1) is 0 Å². The SMILES string of the molecule is CN(CCCNC(=O)CC1Oc2ccccc2NC1=O)C1CCCCC1. The average molecular weight is 359 g/mol. The first-order chi connectivity index (χ1) is 12.6. The lowest BCUT2D eigenvalue weighted by atomic mass is 9.94. The van der Waals surface area contributed by atoms with E-state index in [1.54, 1.807) is 12.1 Å². The molecular weight excluding hydrogens is 330 g/mol. The molecule has 0 saturated heterocycles. The Morgan fingerprint density at radius 1 is 1.27 bits per heavy atom. The maximum Gasteiger partial charge on any atom is 0.266 e. The predicted molar refractivity (Wildman–Crippen MR) is 101 cm³/mol. The summed E-state index contributed by atoms with van der Waals surface area (Å²) in [7, 11) is 2.18. The summed E-state index contributed by atoms with van der Waals surface area (Å²) in [6, 6.07) is 7.95. The van der Waals surface area contributed by atoms with Crippen molar-refractivity contribution in [2.24, 2.45) is 0 Å². The Balaban J connectivity index is 1.36. The van der Waals surface area contributed by atoms with Crippen molar-refractivity contribution in [3.63, 3.8) is 0 Å². The minimum Gasteiger partial charge on any atom is -0.478 e. The number of anilines is 1. The van der Waals surface area contributed by atoms with E-state index in [1.807, 2.05) is 12.1 Å². The van der Waals surface area contributed by atoms with E-state index in [0.717, 1.165) is 13.0 Å². The van der Waals surface area contributed by atoms with Gasteiger partial charge < -0.3 is 20.3 Å². The van der Waals surface area contributed by atoms with Crippen molar-refractivity contribution in [1.82, 2.24) is 10.2 Å². The van der Waals surface area contributed by atoms with E-state index >= 15 is 0 Å². The molecule has 26 heavy (non-hydrogen) atoms. The van der Waals surface area contributed by atoms with Crippen LogP contribution in [0.3, 0.4) is 0 Å². The van der Waals surface area contributed by atoms with Crippen LogP contribution in [0.1, 0.15) is 44.9 Å². The van der Waals surface area contributed by atoms with Crippen molar-refractivity contribution < 1.29 is 14.3 Å². The number of carbonyl (C=O) groups excluding carboxylic acids is 2. The van der Waals surface area contributed by atoms with E-state index in [-0.39, 0.29) is 18.2 Å². The largest absolute Gasteiger partial charge is 0.478 e. The van der Waals surface area contributed by atoms with Crippen molar-refractivity contribution >= 4 is 17.5 Å². The summed E-state index contributed by atoms with van der Waals surface area (Å²) < 4.78 is 5.66. The van der Waals surface area contributed by atoms with E-state index in [4.69, 9.17) is 4.74 Å². The van der Waals surface area contributed by atoms with Gasteiger partial charge >= 0.3 is 0 Å². The maximum absolute atomic E-state index is 12.1. The van der Waals surface area contributed by atoms with Crippen LogP contribution in [-0.2, 0) is 9.59 Å². The van der Waals surface area contributed by atoms with Crippen LogP contribution >= 0.6 is 0 Å². The van der Waals surface area contributed by atoms with E-state index in [1.165, 1.54) is 32.1 Å². The summed E-state index contributed by atoms with van der Waals surface area (Å²) >= 11 is 0. The highest BCUT2D eigenvalue weighted by Gasteiger charge is 2.29. The van der Waals surface area contributed by atoms with Crippen molar-refractivity contribution in [3.05, 3.63) is 24.3 Å². The van der Waals surface area contributed by atoms with Gasteiger partial charge in [-0.3, -0.25) is 9.59 Å². The molecule has 6 nitrogen and oxygen atoms in total. The van der Waals surface area contributed by atoms with E-state index in [0.29, 0.717) is 24.0 Å². The van der Waals surface area contributed by atoms with Crippen molar-refractivity contribution in [2.45, 2.75) is 57.1 Å². The molecule has 6 heteroatoms. The van der Waals surface area contributed by atoms with E-state index in [2.05, 4.69) is 22.6 Å². The number of para-hydroxylation sites is 2. The number of fused-ring (bicyclic) bond motifs is 1. The van der Waals surface area contributed by atoms with Crippen LogP contribution in [0.15, 0.2) is 24.3 Å². The molecule has 1 atom stereocenters. The zero-order chi connectivity index (χ0) is 18.4. The van der Waals surface area contributed by atoms with Crippen LogP contribution in [0.2, 0.25) is 0 Å². The second-order valence-electron chi connectivity index (χ2n) is 7.27. The van der Waals surface area contributed by atoms with Gasteiger partial charge in [-0.05, 0) is 45.0 Å². The van der Waals surface area contributed by atoms with Gasteiger partial charge in [0.1, 0.15) is 5.75 Å². The van der Waals surface area contributed by atoms with Crippen LogP contribution in [0.25, 0.3) is 0 Å². The quantitative estimate of drug-likeness (QED) is 0.734. The third-order valence-corrected chi connectivity index (χ3v) is 5.29. The molecule has 1 aromatic carbocycles. The maximum atomic E-state index is 12.1. The fourth-order valence-corrected chi connectivity index (χ4v) is 3.73. The first-order valence-electron chi connectivity index (χ1n) is 9.67. The summed E-state index contributed by atoms with van der Waals surface area (Å²) in [4.78, 5) is 26.6. The highest BCUT2D eigenvalue weighted by Crippen LogP contribution is 2.29. The molecule has 0 radical (unpaired) electrons. The topological polar surface area (TPSA) is 70.7 Å². The summed E-state index contributed by atoms with van der Waals surface area (Å²) in [6.07, 6.45) is 6.79. The number of benzene rings is 1. The number of carbonyl (C=O) groups is 2. The van der Waals surface area contributed by atoms with Crippen molar-refractivity contribution in [1.29, 1.82) is 0 Å². The monoisotopic (exact) mass is 359 g/mol. The highest BCUT2D eigenvalue weighted by molar-refractivity contribution is 5.99. The molecule has 0 spiro atoms. The van der Waals surface area contributed by atoms with Gasteiger partial charge in [-0.1, -0.05) is 31.4 Å². The van der Waals surface area contributed by atoms with Gasteiger partial charge in [-0.25, -0.2) is 0 Å². The van der Waals surface area contributed by atoms with Crippen LogP contribution < -0.4 is 15.4 Å². The van der Waals surface area contributed by atoms with Gasteiger partial charge in [0.2, 0.25) is 5.91 Å². The highest BCUT2D eigenvalue weighted by atomic mass is 16.5. The van der Waals surface area contributed by atoms with E-state index in [9.17, 15) is 9.59 Å². The van der Waals surface area contributed by atoms with Crippen LogP contribution in [0.4, 0.5) is 5.69 Å². The van der Waals surface area contributed by atoms with Gasteiger partial charge in [-0.2, -0.15) is 0 Å². The molecule has 1 aliphatic carbocycles. The number of amides is 2. The number of nitrogens with one attached hydrogen (secondary N) is 2. The van der Waals surface area contributed by atoms with Crippen molar-refractivity contribution in [3.8, 4) is 5.75 Å². The number of ether oxygens (including phenoxy) is 1. The lowest BCUT2D eigenvalue weighted by molar-refractivity contribution is -0.130. The number of rotatable bonds is 7. The normalized spacial score (nSPS) is 20.2. The second kappa shape index (κ2) is 9.03. The Kier molecular flexibility index (Phi) is 6.50. The van der Waals surface area contributed by atoms with Gasteiger partial charge in [0.25, 0.3) is 5.91 Å². The average Bonchev–Trinajstić information content (AvgIpc) is 2.66. The minimum absolute atomic E-state index is 0.0403. The van der Waals surface area contributed by atoms with Crippen LogP contribution in [0.5, 0.6) is 5.75 Å². The first kappa shape index (κ1) is 18.7. The molecule has 3 rings (SSSR count). The molecule has 1 unspecified atom stereocenters. The standard InChI is InChI=1S/C20H29N3O3/c1-23(15-8-3-2-4-9-15)13-7-12-21-19(24)14-18-20(25)22-16-10-5-6-11-17(16)26-18/h5-6,10-11,15,18H,2-4,7-9,12-14H2,1H3,(H,21,24)(H,22,25). The summed E-state index contributed by atoms with van der Waals surface area (Å²) in [5.74, 6) is 0.194. The molecular formula is C20H29N3O3. The van der Waals surface area contributed by atoms with Gasteiger partial charge in [-0.15, -0.1) is 0 Å². The molecule has 142 valence electrons. The zero-order valence-corrected chi connectivity index (χ0v) is 15.5. The van der Waals surface area contributed by atoms with Gasteiger partial charge in [0.05, 0.1) is 12.1 Å². The van der Waals surface area contributed by atoms with Crippen LogP contribution in [-0.4, -0.2) is 49.0 Å². The lowest BCUT2D eigenvalue weighted by Gasteiger charge is -2.31. The molecule has 0 aromatic heterocycles. The Labute approximate surface area is 155 Å². The lowest BCUT2D eigenvalue weighted by Crippen LogP contribution is -2.41. The van der Waals surface area contributed by atoms with E-state index < -0.39 is 6.10 Å². The Bertz CT molecular complexity index is 628. The predicted octanol–water partition coefficient (Wildman–Crippen LogP) is 2.55. The van der Waals surface area contributed by atoms with Gasteiger partial charge in [0, 0.05) is 12.6 Å². The molecule has 1 aromatic rings. The third kappa shape index (κ3) is 4.97. The van der Waals surface area contributed by atoms with Gasteiger partial charge in [0.15, 0.2) is 6.10 Å². The molecule has 2 aliphatic rings. The Hall–Kier alpha value is -2.08. The smallest absolute Gasteiger partial charge is 0.266 e. The second-order valence-corrected chi connectivity index (χ2v) is 7.27. The summed E-state index contributed by atoms with van der Waals surface area (Å²) in [5, 5.41) is 5.69. The third-order valence-electron chi connectivity index (χ3n) is 5.29. The first-order valence-corrected chi connectivity index (χ1v) is 9.67.